The van der Waals surface area contributed by atoms with Crippen molar-refractivity contribution in [2.75, 3.05) is 6.54 Å². The van der Waals surface area contributed by atoms with E-state index < -0.39 is 0 Å². The van der Waals surface area contributed by atoms with Crippen molar-refractivity contribution in [2.45, 2.75) is 25.8 Å². The Kier molecular flexibility index (Phi) is 5.68. The molecule has 0 saturated carbocycles. The summed E-state index contributed by atoms with van der Waals surface area (Å²) in [6.07, 6.45) is 4.66. The lowest BCUT2D eigenvalue weighted by Crippen LogP contribution is -2.25. The molecule has 2 nitrogen and oxygen atoms in total. The van der Waals surface area contributed by atoms with Crippen molar-refractivity contribution in [3.8, 4) is 0 Å². The molecule has 1 aromatic carbocycles. The van der Waals surface area contributed by atoms with Gasteiger partial charge in [-0.05, 0) is 37.1 Å². The smallest absolute Gasteiger partial charge is 0.146 e. The maximum absolute atomic E-state index is 14.0. The van der Waals surface area contributed by atoms with E-state index in [4.69, 9.17) is 0 Å². The minimum atomic E-state index is -0.256. The van der Waals surface area contributed by atoms with Gasteiger partial charge in [0.1, 0.15) is 5.82 Å². The van der Waals surface area contributed by atoms with Crippen LogP contribution in [0.15, 0.2) is 47.2 Å². The highest BCUT2D eigenvalue weighted by molar-refractivity contribution is 9.10. The van der Waals surface area contributed by atoms with Gasteiger partial charge in [0.25, 0.3) is 0 Å². The molecule has 0 radical (unpaired) electrons. The zero-order valence-electron chi connectivity index (χ0n) is 11.4. The van der Waals surface area contributed by atoms with Gasteiger partial charge in [-0.15, -0.1) is 0 Å². The molecule has 20 heavy (non-hydrogen) atoms. The number of hydrogen-bond donors (Lipinski definition) is 1. The van der Waals surface area contributed by atoms with Crippen molar-refractivity contribution in [1.29, 1.82) is 0 Å². The van der Waals surface area contributed by atoms with Crippen molar-refractivity contribution < 1.29 is 4.39 Å². The second-order valence-electron chi connectivity index (χ2n) is 4.70. The van der Waals surface area contributed by atoms with Gasteiger partial charge in [-0.1, -0.05) is 41.1 Å². The maximum atomic E-state index is 14.0. The normalized spacial score (nSPS) is 12.3. The lowest BCUT2D eigenvalue weighted by atomic mass is 9.99. The standard InChI is InChI=1S/C16H18BrFN2/c1-2-8-20-16(13-7-9-19-11-15(13)18)10-12-5-3-4-6-14(12)17/h3-7,9,11,16,20H,2,8,10H2,1H3. The molecule has 2 rings (SSSR count). The van der Waals surface area contributed by atoms with Gasteiger partial charge in [-0.25, -0.2) is 4.39 Å². The average molecular weight is 337 g/mol. The van der Waals surface area contributed by atoms with E-state index in [1.54, 1.807) is 12.3 Å². The van der Waals surface area contributed by atoms with Crippen molar-refractivity contribution in [1.82, 2.24) is 10.3 Å². The molecule has 2 aromatic rings. The highest BCUT2D eigenvalue weighted by atomic mass is 79.9. The molecule has 0 saturated heterocycles. The first-order chi connectivity index (χ1) is 9.72. The van der Waals surface area contributed by atoms with E-state index in [2.05, 4.69) is 39.2 Å². The molecule has 0 amide bonds. The Morgan fingerprint density at radius 1 is 1.30 bits per heavy atom. The zero-order chi connectivity index (χ0) is 14.4. The number of aromatic nitrogens is 1. The van der Waals surface area contributed by atoms with Gasteiger partial charge in [0.15, 0.2) is 0 Å². The highest BCUT2D eigenvalue weighted by Gasteiger charge is 2.16. The molecule has 1 N–H and O–H groups in total. The summed E-state index contributed by atoms with van der Waals surface area (Å²) >= 11 is 3.55. The lowest BCUT2D eigenvalue weighted by Gasteiger charge is -2.20. The van der Waals surface area contributed by atoms with Crippen molar-refractivity contribution in [3.05, 3.63) is 64.1 Å². The number of pyridine rings is 1. The van der Waals surface area contributed by atoms with Gasteiger partial charge in [0.05, 0.1) is 6.20 Å². The summed E-state index contributed by atoms with van der Waals surface area (Å²) in [5.74, 6) is -0.256. The molecule has 0 aliphatic heterocycles. The molecule has 4 heteroatoms. The molecule has 0 fully saturated rings. The Morgan fingerprint density at radius 3 is 2.80 bits per heavy atom. The average Bonchev–Trinajstić information content (AvgIpc) is 2.46. The van der Waals surface area contributed by atoms with Crippen molar-refractivity contribution in [2.24, 2.45) is 0 Å². The van der Waals surface area contributed by atoms with Crippen LogP contribution < -0.4 is 5.32 Å². The number of halogens is 2. The molecule has 1 aromatic heterocycles. The maximum Gasteiger partial charge on any atom is 0.146 e. The Bertz CT molecular complexity index is 560. The van der Waals surface area contributed by atoms with E-state index in [0.717, 1.165) is 29.4 Å². The van der Waals surface area contributed by atoms with Crippen LogP contribution in [0.3, 0.4) is 0 Å². The lowest BCUT2D eigenvalue weighted by molar-refractivity contribution is 0.494. The fraction of sp³-hybridized carbons (Fsp3) is 0.312. The Labute approximate surface area is 127 Å². The fourth-order valence-corrected chi connectivity index (χ4v) is 2.61. The Morgan fingerprint density at radius 2 is 2.10 bits per heavy atom. The number of benzene rings is 1. The van der Waals surface area contributed by atoms with Gasteiger partial charge in [-0.2, -0.15) is 0 Å². The van der Waals surface area contributed by atoms with Crippen LogP contribution in [0.25, 0.3) is 0 Å². The summed E-state index contributed by atoms with van der Waals surface area (Å²) in [7, 11) is 0. The van der Waals surface area contributed by atoms with E-state index >= 15 is 0 Å². The van der Waals surface area contributed by atoms with Gasteiger partial charge in [0.2, 0.25) is 0 Å². The third kappa shape index (κ3) is 3.87. The predicted octanol–water partition coefficient (Wildman–Crippen LogP) is 4.27. The Hall–Kier alpha value is -1.26. The summed E-state index contributed by atoms with van der Waals surface area (Å²) in [6, 6.07) is 9.75. The monoisotopic (exact) mass is 336 g/mol. The number of nitrogens with zero attached hydrogens (tertiary/aromatic N) is 1. The van der Waals surface area contributed by atoms with E-state index in [-0.39, 0.29) is 11.9 Å². The third-order valence-electron chi connectivity index (χ3n) is 3.20. The van der Waals surface area contributed by atoms with Crippen LogP contribution in [0.2, 0.25) is 0 Å². The molecule has 0 aliphatic rings. The summed E-state index contributed by atoms with van der Waals surface area (Å²) in [5, 5.41) is 3.41. The minimum Gasteiger partial charge on any atom is -0.310 e. The second-order valence-corrected chi connectivity index (χ2v) is 5.55. The first kappa shape index (κ1) is 15.1. The number of hydrogen-bond acceptors (Lipinski definition) is 2. The SMILES string of the molecule is CCCNC(Cc1ccccc1Br)c1ccncc1F. The van der Waals surface area contributed by atoms with Crippen LogP contribution in [0.4, 0.5) is 4.39 Å². The number of nitrogens with one attached hydrogen (secondary N) is 1. The zero-order valence-corrected chi connectivity index (χ0v) is 13.0. The topological polar surface area (TPSA) is 24.9 Å². The van der Waals surface area contributed by atoms with E-state index in [0.29, 0.717) is 5.56 Å². The van der Waals surface area contributed by atoms with Crippen molar-refractivity contribution >= 4 is 15.9 Å². The molecule has 1 unspecified atom stereocenters. The van der Waals surface area contributed by atoms with Gasteiger partial charge in [-0.3, -0.25) is 4.98 Å². The van der Waals surface area contributed by atoms with Crippen LogP contribution in [0.1, 0.15) is 30.5 Å². The van der Waals surface area contributed by atoms with Crippen LogP contribution in [-0.2, 0) is 6.42 Å². The number of rotatable bonds is 6. The van der Waals surface area contributed by atoms with Crippen LogP contribution in [0, 0.1) is 5.82 Å². The van der Waals surface area contributed by atoms with Gasteiger partial charge in [0, 0.05) is 22.3 Å². The van der Waals surface area contributed by atoms with E-state index in [9.17, 15) is 4.39 Å². The predicted molar refractivity (Wildman–Crippen MR) is 83.1 cm³/mol. The first-order valence-electron chi connectivity index (χ1n) is 6.78. The molecule has 106 valence electrons. The molecule has 0 bridgehead atoms. The fourth-order valence-electron chi connectivity index (χ4n) is 2.16. The second kappa shape index (κ2) is 7.50. The van der Waals surface area contributed by atoms with E-state index in [1.807, 2.05) is 18.2 Å². The van der Waals surface area contributed by atoms with Crippen molar-refractivity contribution in [3.63, 3.8) is 0 Å². The molecule has 0 spiro atoms. The highest BCUT2D eigenvalue weighted by Crippen LogP contribution is 2.25. The summed E-state index contributed by atoms with van der Waals surface area (Å²) < 4.78 is 15.0. The van der Waals surface area contributed by atoms with Crippen LogP contribution in [0.5, 0.6) is 0 Å². The summed E-state index contributed by atoms with van der Waals surface area (Å²) in [4.78, 5) is 3.82. The molecule has 0 aliphatic carbocycles. The van der Waals surface area contributed by atoms with Crippen LogP contribution in [-0.4, -0.2) is 11.5 Å². The third-order valence-corrected chi connectivity index (χ3v) is 3.98. The molecular weight excluding hydrogens is 319 g/mol. The van der Waals surface area contributed by atoms with E-state index in [1.165, 1.54) is 6.20 Å². The Balaban J connectivity index is 2.24. The molecule has 1 atom stereocenters. The van der Waals surface area contributed by atoms with Gasteiger partial charge < -0.3 is 5.32 Å². The summed E-state index contributed by atoms with van der Waals surface area (Å²) in [5.41, 5.74) is 1.83. The quantitative estimate of drug-likeness (QED) is 0.852. The summed E-state index contributed by atoms with van der Waals surface area (Å²) in [6.45, 7) is 2.96. The van der Waals surface area contributed by atoms with Gasteiger partial charge >= 0.3 is 0 Å². The largest absolute Gasteiger partial charge is 0.310 e. The molecular formula is C16H18BrFN2. The first-order valence-corrected chi connectivity index (χ1v) is 7.58. The van der Waals surface area contributed by atoms with Crippen LogP contribution >= 0.6 is 15.9 Å². The minimum absolute atomic E-state index is 0.0448. The molecule has 1 heterocycles.